The molecule has 1 aromatic heterocycles. The summed E-state index contributed by atoms with van der Waals surface area (Å²) in [6, 6.07) is 1.28. The third-order valence-corrected chi connectivity index (χ3v) is 4.77. The van der Waals surface area contributed by atoms with Crippen LogP contribution in [0.4, 0.5) is 20.9 Å². The summed E-state index contributed by atoms with van der Waals surface area (Å²) in [5.74, 6) is -1.30. The molecule has 0 atom stereocenters. The van der Waals surface area contributed by atoms with Gasteiger partial charge in [0, 0.05) is 17.1 Å². The highest BCUT2D eigenvalue weighted by Crippen LogP contribution is 2.29. The number of nitrogen functional groups attached to an aromatic ring is 1. The number of sulfonamides is 1. The third-order valence-electron chi connectivity index (χ3n) is 2.38. The van der Waals surface area contributed by atoms with Crippen LogP contribution >= 0.6 is 11.3 Å². The molecule has 0 bridgehead atoms. The molecule has 11 heteroatoms. The van der Waals surface area contributed by atoms with Gasteiger partial charge in [-0.3, -0.25) is 14.8 Å². The molecule has 0 spiro atoms. The van der Waals surface area contributed by atoms with Gasteiger partial charge in [-0.15, -0.1) is 11.3 Å². The summed E-state index contributed by atoms with van der Waals surface area (Å²) in [7, 11) is -4.33. The van der Waals surface area contributed by atoms with Gasteiger partial charge in [-0.1, -0.05) is 0 Å². The first-order valence-electron chi connectivity index (χ1n) is 5.39. The molecule has 0 fully saturated rings. The van der Waals surface area contributed by atoms with E-state index in [1.807, 2.05) is 0 Å². The number of nitrogens with one attached hydrogen (secondary N) is 1. The maximum atomic E-state index is 13.9. The number of halogens is 1. The van der Waals surface area contributed by atoms with Crippen LogP contribution in [0.1, 0.15) is 4.88 Å². The summed E-state index contributed by atoms with van der Waals surface area (Å²) in [4.78, 5) is 13.4. The van der Waals surface area contributed by atoms with Crippen molar-refractivity contribution in [3.63, 3.8) is 0 Å². The van der Waals surface area contributed by atoms with E-state index in [4.69, 9.17) is 5.73 Å². The minimum atomic E-state index is -4.33. The van der Waals surface area contributed by atoms with Crippen molar-refractivity contribution in [1.29, 1.82) is 0 Å². The van der Waals surface area contributed by atoms with Gasteiger partial charge >= 0.3 is 0 Å². The molecule has 1 aromatic carbocycles. The molecule has 112 valence electrons. The van der Waals surface area contributed by atoms with E-state index in [2.05, 4.69) is 9.71 Å². The van der Waals surface area contributed by atoms with Crippen LogP contribution in [-0.2, 0) is 10.0 Å². The first-order valence-corrected chi connectivity index (χ1v) is 7.69. The summed E-state index contributed by atoms with van der Waals surface area (Å²) in [5, 5.41) is 10.6. The number of nitrogens with two attached hydrogens (primary N) is 1. The molecule has 2 aromatic rings. The predicted molar refractivity (Wildman–Crippen MR) is 75.1 cm³/mol. The van der Waals surface area contributed by atoms with E-state index < -0.39 is 37.0 Å². The van der Waals surface area contributed by atoms with E-state index in [9.17, 15) is 22.9 Å². The zero-order valence-corrected chi connectivity index (χ0v) is 12.2. The molecule has 0 amide bonds. The average molecular weight is 332 g/mol. The van der Waals surface area contributed by atoms with Crippen LogP contribution in [0, 0.1) is 22.9 Å². The number of non-ortho nitro benzene ring substituents is 1. The van der Waals surface area contributed by atoms with Gasteiger partial charge in [-0.05, 0) is 6.92 Å². The Hall–Kier alpha value is -2.27. The fourth-order valence-corrected chi connectivity index (χ4v) is 3.64. The van der Waals surface area contributed by atoms with Crippen molar-refractivity contribution >= 4 is 37.9 Å². The molecule has 0 saturated carbocycles. The number of anilines is 2. The summed E-state index contributed by atoms with van der Waals surface area (Å²) in [6.07, 6.45) is 1.44. The molecular formula is C10H9FN4O4S2. The number of hydrogen-bond donors (Lipinski definition) is 2. The van der Waals surface area contributed by atoms with E-state index in [0.29, 0.717) is 6.07 Å². The van der Waals surface area contributed by atoms with Gasteiger partial charge in [-0.2, -0.15) is 0 Å². The molecule has 2 rings (SSSR count). The standard InChI is InChI=1S/C10H9FN4O4S2/c1-5-4-13-10(20-5)14-21(18,19)9-7(11)2-6(15(16)17)3-8(9)12/h2-4H,12H2,1H3,(H,13,14). The number of nitro benzene ring substituents is 1. The first-order chi connectivity index (χ1) is 9.70. The second-order valence-corrected chi connectivity index (χ2v) is 6.84. The second-order valence-electron chi connectivity index (χ2n) is 3.98. The number of aryl methyl sites for hydroxylation is 1. The van der Waals surface area contributed by atoms with Crippen LogP contribution in [0.15, 0.2) is 23.2 Å². The van der Waals surface area contributed by atoms with Crippen molar-refractivity contribution in [3.05, 3.63) is 39.1 Å². The van der Waals surface area contributed by atoms with Gasteiger partial charge in [0.15, 0.2) is 10.9 Å². The lowest BCUT2D eigenvalue weighted by Crippen LogP contribution is -2.16. The van der Waals surface area contributed by atoms with E-state index in [0.717, 1.165) is 22.3 Å². The van der Waals surface area contributed by atoms with Crippen molar-refractivity contribution in [3.8, 4) is 0 Å². The lowest BCUT2D eigenvalue weighted by Gasteiger charge is -2.09. The molecule has 0 radical (unpaired) electrons. The summed E-state index contributed by atoms with van der Waals surface area (Å²) in [5.41, 5.74) is 4.24. The SMILES string of the molecule is Cc1cnc(NS(=O)(=O)c2c(N)cc([N+](=O)[O-])cc2F)s1. The number of thiazole rings is 1. The molecule has 21 heavy (non-hydrogen) atoms. The monoisotopic (exact) mass is 332 g/mol. The Bertz CT molecular complexity index is 795. The van der Waals surface area contributed by atoms with Crippen molar-refractivity contribution in [1.82, 2.24) is 4.98 Å². The minimum Gasteiger partial charge on any atom is -0.397 e. The molecule has 0 aliphatic heterocycles. The highest BCUT2D eigenvalue weighted by Gasteiger charge is 2.26. The van der Waals surface area contributed by atoms with Crippen molar-refractivity contribution in [2.24, 2.45) is 0 Å². The Morgan fingerprint density at radius 3 is 2.62 bits per heavy atom. The lowest BCUT2D eigenvalue weighted by atomic mass is 10.3. The molecule has 0 unspecified atom stereocenters. The number of hydrogen-bond acceptors (Lipinski definition) is 7. The van der Waals surface area contributed by atoms with Crippen LogP contribution in [0.5, 0.6) is 0 Å². The van der Waals surface area contributed by atoms with Gasteiger partial charge in [0.2, 0.25) is 0 Å². The normalized spacial score (nSPS) is 11.3. The Morgan fingerprint density at radius 1 is 1.48 bits per heavy atom. The van der Waals surface area contributed by atoms with Crippen LogP contribution in [0.25, 0.3) is 0 Å². The van der Waals surface area contributed by atoms with E-state index in [1.165, 1.54) is 6.20 Å². The largest absolute Gasteiger partial charge is 0.397 e. The summed E-state index contributed by atoms with van der Waals surface area (Å²) in [6.45, 7) is 1.72. The zero-order chi connectivity index (χ0) is 15.8. The number of aromatic nitrogens is 1. The minimum absolute atomic E-state index is 0.0460. The Kier molecular flexibility index (Phi) is 3.78. The Balaban J connectivity index is 2.47. The van der Waals surface area contributed by atoms with Crippen LogP contribution in [-0.4, -0.2) is 18.3 Å². The van der Waals surface area contributed by atoms with Crippen LogP contribution < -0.4 is 10.5 Å². The van der Waals surface area contributed by atoms with Crippen LogP contribution in [0.3, 0.4) is 0 Å². The maximum absolute atomic E-state index is 13.9. The summed E-state index contributed by atoms with van der Waals surface area (Å²) >= 11 is 1.06. The number of nitrogens with zero attached hydrogens (tertiary/aromatic N) is 2. The van der Waals surface area contributed by atoms with Crippen molar-refractivity contribution < 1.29 is 17.7 Å². The quantitative estimate of drug-likeness (QED) is 0.500. The number of benzene rings is 1. The molecule has 3 N–H and O–H groups in total. The first kappa shape index (κ1) is 15.1. The van der Waals surface area contributed by atoms with Crippen molar-refractivity contribution in [2.75, 3.05) is 10.5 Å². The average Bonchev–Trinajstić information content (AvgIpc) is 2.72. The summed E-state index contributed by atoms with van der Waals surface area (Å²) < 4.78 is 40.1. The van der Waals surface area contributed by atoms with E-state index in [-0.39, 0.29) is 5.13 Å². The predicted octanol–water partition coefficient (Wildman–Crippen LogP) is 1.88. The van der Waals surface area contributed by atoms with E-state index in [1.54, 1.807) is 6.92 Å². The van der Waals surface area contributed by atoms with Gasteiger partial charge in [-0.25, -0.2) is 17.8 Å². The van der Waals surface area contributed by atoms with Gasteiger partial charge in [0.05, 0.1) is 16.7 Å². The highest BCUT2D eigenvalue weighted by molar-refractivity contribution is 7.93. The maximum Gasteiger partial charge on any atom is 0.274 e. The second kappa shape index (κ2) is 5.26. The fraction of sp³-hybridized carbons (Fsp3) is 0.100. The molecule has 0 saturated heterocycles. The zero-order valence-electron chi connectivity index (χ0n) is 10.5. The topological polar surface area (TPSA) is 128 Å². The van der Waals surface area contributed by atoms with E-state index >= 15 is 0 Å². The molecule has 8 nitrogen and oxygen atoms in total. The van der Waals surface area contributed by atoms with Gasteiger partial charge < -0.3 is 5.73 Å². The third kappa shape index (κ3) is 3.08. The molecule has 0 aliphatic carbocycles. The number of nitro groups is 1. The molecule has 1 heterocycles. The fourth-order valence-electron chi connectivity index (χ4n) is 1.56. The molecule has 0 aliphatic rings. The highest BCUT2D eigenvalue weighted by atomic mass is 32.2. The van der Waals surface area contributed by atoms with Gasteiger partial charge in [0.1, 0.15) is 4.90 Å². The Morgan fingerprint density at radius 2 is 2.14 bits per heavy atom. The van der Waals surface area contributed by atoms with Crippen LogP contribution in [0.2, 0.25) is 0 Å². The smallest absolute Gasteiger partial charge is 0.274 e. The van der Waals surface area contributed by atoms with Crippen molar-refractivity contribution in [2.45, 2.75) is 11.8 Å². The number of rotatable bonds is 4. The van der Waals surface area contributed by atoms with Gasteiger partial charge in [0.25, 0.3) is 15.7 Å². The lowest BCUT2D eigenvalue weighted by molar-refractivity contribution is -0.385. The Labute approximate surface area is 122 Å². The molecular weight excluding hydrogens is 323 g/mol.